The van der Waals surface area contributed by atoms with Crippen LogP contribution in [0.4, 0.5) is 0 Å². The summed E-state index contributed by atoms with van der Waals surface area (Å²) in [5, 5.41) is 4.76. The Kier molecular flexibility index (Phi) is 6.07. The highest BCUT2D eigenvalue weighted by molar-refractivity contribution is 7.99. The molecule has 1 aromatic carbocycles. The second-order valence-corrected chi connectivity index (χ2v) is 9.02. The van der Waals surface area contributed by atoms with Gasteiger partial charge in [-0.3, -0.25) is 14.4 Å². The van der Waals surface area contributed by atoms with E-state index >= 15 is 0 Å². The molecule has 0 radical (unpaired) electrons. The Morgan fingerprint density at radius 2 is 2.00 bits per heavy atom. The molecule has 150 valence electrons. The van der Waals surface area contributed by atoms with Crippen LogP contribution in [-0.2, 0) is 25.9 Å². The minimum Gasteiger partial charge on any atom is -0.336 e. The van der Waals surface area contributed by atoms with E-state index in [9.17, 15) is 4.79 Å². The minimum absolute atomic E-state index is 0.134. The van der Waals surface area contributed by atoms with Gasteiger partial charge >= 0.3 is 0 Å². The molecule has 1 unspecified atom stereocenters. The van der Waals surface area contributed by atoms with Crippen LogP contribution in [0.1, 0.15) is 40.7 Å². The second-order valence-electron chi connectivity index (χ2n) is 7.79. The standard InChI is InChI=1S/C22H30N4OS/c1-3-26-20-10-9-18(24(2)16-17-7-5-4-6-8-17)15-19(20)21(23-26)22(27)25-11-13-28-14-12-25/h4-8,18H,3,9-16H2,1-2H3. The number of fused-ring (bicyclic) bond motifs is 1. The van der Waals surface area contributed by atoms with E-state index in [0.29, 0.717) is 11.7 Å². The molecule has 1 atom stereocenters. The van der Waals surface area contributed by atoms with Gasteiger partial charge in [0.2, 0.25) is 0 Å². The third-order valence-corrected chi connectivity index (χ3v) is 6.96. The highest BCUT2D eigenvalue weighted by Gasteiger charge is 2.32. The predicted molar refractivity (Wildman–Crippen MR) is 115 cm³/mol. The highest BCUT2D eigenvalue weighted by atomic mass is 32.2. The van der Waals surface area contributed by atoms with E-state index in [2.05, 4.69) is 53.9 Å². The van der Waals surface area contributed by atoms with Crippen molar-refractivity contribution < 1.29 is 4.79 Å². The Labute approximate surface area is 172 Å². The zero-order chi connectivity index (χ0) is 19.5. The smallest absolute Gasteiger partial charge is 0.274 e. The molecule has 2 aromatic rings. The second kappa shape index (κ2) is 8.70. The number of carbonyl (C=O) groups excluding carboxylic acids is 1. The summed E-state index contributed by atoms with van der Waals surface area (Å²) < 4.78 is 2.06. The van der Waals surface area contributed by atoms with Crippen molar-refractivity contribution in [2.75, 3.05) is 31.6 Å². The SMILES string of the molecule is CCn1nc(C(=O)N2CCSCC2)c2c1CCC(N(C)Cc1ccccc1)C2. The molecule has 28 heavy (non-hydrogen) atoms. The molecule has 1 fully saturated rings. The largest absolute Gasteiger partial charge is 0.336 e. The monoisotopic (exact) mass is 398 g/mol. The van der Waals surface area contributed by atoms with Crippen LogP contribution < -0.4 is 0 Å². The molecule has 6 heteroatoms. The van der Waals surface area contributed by atoms with Crippen LogP contribution in [-0.4, -0.2) is 63.2 Å². The number of nitrogens with zero attached hydrogens (tertiary/aromatic N) is 4. The third kappa shape index (κ3) is 3.98. The number of hydrogen-bond donors (Lipinski definition) is 0. The number of aryl methyl sites for hydroxylation is 1. The molecule has 1 saturated heterocycles. The fraction of sp³-hybridized carbons (Fsp3) is 0.545. The van der Waals surface area contributed by atoms with E-state index in [1.807, 2.05) is 16.7 Å². The van der Waals surface area contributed by atoms with Crippen molar-refractivity contribution in [3.63, 3.8) is 0 Å². The number of aromatic nitrogens is 2. The van der Waals surface area contributed by atoms with Crippen molar-refractivity contribution in [1.82, 2.24) is 19.6 Å². The lowest BCUT2D eigenvalue weighted by atomic mass is 9.90. The number of thioether (sulfide) groups is 1. The van der Waals surface area contributed by atoms with Gasteiger partial charge in [-0.1, -0.05) is 30.3 Å². The maximum absolute atomic E-state index is 13.2. The summed E-state index contributed by atoms with van der Waals surface area (Å²) in [5.41, 5.74) is 4.52. The van der Waals surface area contributed by atoms with Gasteiger partial charge in [0.25, 0.3) is 5.91 Å². The maximum Gasteiger partial charge on any atom is 0.274 e. The topological polar surface area (TPSA) is 41.4 Å². The number of benzene rings is 1. The van der Waals surface area contributed by atoms with Gasteiger partial charge < -0.3 is 4.90 Å². The van der Waals surface area contributed by atoms with Crippen molar-refractivity contribution in [2.45, 2.75) is 45.3 Å². The zero-order valence-corrected chi connectivity index (χ0v) is 17.7. The summed E-state index contributed by atoms with van der Waals surface area (Å²) in [4.78, 5) is 17.6. The normalized spacial score (nSPS) is 19.7. The van der Waals surface area contributed by atoms with Gasteiger partial charge in [0.15, 0.2) is 5.69 Å². The zero-order valence-electron chi connectivity index (χ0n) is 16.9. The predicted octanol–water partition coefficient (Wildman–Crippen LogP) is 3.08. The van der Waals surface area contributed by atoms with Crippen molar-refractivity contribution in [3.8, 4) is 0 Å². The molecule has 1 aliphatic heterocycles. The summed E-state index contributed by atoms with van der Waals surface area (Å²) in [7, 11) is 2.20. The average molecular weight is 399 g/mol. The Bertz CT molecular complexity index is 813. The van der Waals surface area contributed by atoms with Crippen LogP contribution in [0, 0.1) is 0 Å². The Balaban J connectivity index is 1.54. The number of amides is 1. The molecular weight excluding hydrogens is 368 g/mol. The van der Waals surface area contributed by atoms with Gasteiger partial charge in [-0.05, 0) is 38.8 Å². The quantitative estimate of drug-likeness (QED) is 0.776. The third-order valence-electron chi connectivity index (χ3n) is 6.02. The lowest BCUT2D eigenvalue weighted by molar-refractivity contribution is 0.0763. The van der Waals surface area contributed by atoms with Crippen LogP contribution in [0.15, 0.2) is 30.3 Å². The van der Waals surface area contributed by atoms with E-state index in [-0.39, 0.29) is 5.91 Å². The maximum atomic E-state index is 13.2. The molecule has 5 nitrogen and oxygen atoms in total. The van der Waals surface area contributed by atoms with E-state index in [4.69, 9.17) is 5.10 Å². The summed E-state index contributed by atoms with van der Waals surface area (Å²) in [6.45, 7) is 5.57. The van der Waals surface area contributed by atoms with Gasteiger partial charge in [0, 0.05) is 55.0 Å². The van der Waals surface area contributed by atoms with E-state index in [0.717, 1.165) is 56.9 Å². The number of hydrogen-bond acceptors (Lipinski definition) is 4. The van der Waals surface area contributed by atoms with E-state index in [1.165, 1.54) is 16.8 Å². The Hall–Kier alpha value is -1.79. The Morgan fingerprint density at radius 3 is 2.71 bits per heavy atom. The highest BCUT2D eigenvalue weighted by Crippen LogP contribution is 2.29. The molecule has 1 aromatic heterocycles. The fourth-order valence-corrected chi connectivity index (χ4v) is 5.30. The molecule has 0 N–H and O–H groups in total. The lowest BCUT2D eigenvalue weighted by Crippen LogP contribution is -2.40. The van der Waals surface area contributed by atoms with Gasteiger partial charge in [-0.15, -0.1) is 0 Å². The first-order valence-corrected chi connectivity index (χ1v) is 11.5. The van der Waals surface area contributed by atoms with Crippen molar-refractivity contribution >= 4 is 17.7 Å². The summed E-state index contributed by atoms with van der Waals surface area (Å²) in [5.74, 6) is 2.20. The van der Waals surface area contributed by atoms with Crippen LogP contribution in [0.25, 0.3) is 0 Å². The molecular formula is C22H30N4OS. The van der Waals surface area contributed by atoms with E-state index < -0.39 is 0 Å². The molecule has 2 aliphatic rings. The summed E-state index contributed by atoms with van der Waals surface area (Å²) >= 11 is 1.93. The molecule has 2 heterocycles. The number of rotatable bonds is 5. The first-order chi connectivity index (χ1) is 13.7. The first-order valence-electron chi connectivity index (χ1n) is 10.4. The molecule has 4 rings (SSSR count). The molecule has 0 saturated carbocycles. The average Bonchev–Trinajstić information content (AvgIpc) is 3.12. The number of carbonyl (C=O) groups is 1. The van der Waals surface area contributed by atoms with Gasteiger partial charge in [-0.25, -0.2) is 0 Å². The summed E-state index contributed by atoms with van der Waals surface area (Å²) in [6.07, 6.45) is 3.04. The lowest BCUT2D eigenvalue weighted by Gasteiger charge is -2.32. The van der Waals surface area contributed by atoms with Crippen LogP contribution in [0.5, 0.6) is 0 Å². The fourth-order valence-electron chi connectivity index (χ4n) is 4.40. The van der Waals surface area contributed by atoms with Crippen LogP contribution >= 0.6 is 11.8 Å². The van der Waals surface area contributed by atoms with Crippen LogP contribution in [0.2, 0.25) is 0 Å². The van der Waals surface area contributed by atoms with Crippen molar-refractivity contribution in [3.05, 3.63) is 52.8 Å². The number of likely N-dealkylation sites (N-methyl/N-ethyl adjacent to an activating group) is 1. The van der Waals surface area contributed by atoms with Crippen LogP contribution in [0.3, 0.4) is 0 Å². The van der Waals surface area contributed by atoms with Crippen molar-refractivity contribution in [1.29, 1.82) is 0 Å². The summed E-state index contributed by atoms with van der Waals surface area (Å²) in [6, 6.07) is 11.1. The van der Waals surface area contributed by atoms with Gasteiger partial charge in [0.1, 0.15) is 0 Å². The first kappa shape index (κ1) is 19.5. The van der Waals surface area contributed by atoms with Crippen molar-refractivity contribution in [2.24, 2.45) is 0 Å². The molecule has 1 amide bonds. The van der Waals surface area contributed by atoms with Gasteiger partial charge in [0.05, 0.1) is 0 Å². The minimum atomic E-state index is 0.134. The molecule has 0 bridgehead atoms. The Morgan fingerprint density at radius 1 is 1.25 bits per heavy atom. The molecule has 0 spiro atoms. The van der Waals surface area contributed by atoms with E-state index in [1.54, 1.807) is 0 Å². The van der Waals surface area contributed by atoms with Gasteiger partial charge in [-0.2, -0.15) is 16.9 Å². The molecule has 1 aliphatic carbocycles.